The summed E-state index contributed by atoms with van der Waals surface area (Å²) in [5, 5.41) is 0. The number of halogens is 3. The fourth-order valence-corrected chi connectivity index (χ4v) is 3.99. The van der Waals surface area contributed by atoms with E-state index < -0.39 is 11.7 Å². The number of carbonyl (C=O) groups is 1. The van der Waals surface area contributed by atoms with Gasteiger partial charge in [-0.2, -0.15) is 13.2 Å². The fourth-order valence-electron chi connectivity index (χ4n) is 3.99. The number of likely N-dealkylation sites (tertiary alicyclic amines) is 1. The van der Waals surface area contributed by atoms with Crippen LogP contribution in [0.15, 0.2) is 54.6 Å². The van der Waals surface area contributed by atoms with Gasteiger partial charge in [-0.1, -0.05) is 44.2 Å². The van der Waals surface area contributed by atoms with E-state index in [1.807, 2.05) is 49.1 Å². The number of para-hydroxylation sites is 1. The number of nitrogens with zero attached hydrogens (tertiary/aromatic N) is 2. The minimum Gasteiger partial charge on any atom is -0.309 e. The summed E-state index contributed by atoms with van der Waals surface area (Å²) in [6, 6.07) is 15.3. The maximum absolute atomic E-state index is 13.0. The van der Waals surface area contributed by atoms with E-state index >= 15 is 0 Å². The SMILES string of the molecule is CC(C)CC(=O)N(c1ccccc1)C1CCN(Cc2ccc(C(F)(F)F)cc2)CC1. The quantitative estimate of drug-likeness (QED) is 0.596. The van der Waals surface area contributed by atoms with Crippen LogP contribution in [0.25, 0.3) is 0 Å². The normalized spacial score (nSPS) is 16.1. The van der Waals surface area contributed by atoms with E-state index in [1.165, 1.54) is 0 Å². The molecule has 1 saturated heterocycles. The Morgan fingerprint density at radius 3 is 2.17 bits per heavy atom. The van der Waals surface area contributed by atoms with Crippen LogP contribution in [-0.2, 0) is 17.5 Å². The maximum Gasteiger partial charge on any atom is 0.416 e. The standard InChI is InChI=1S/C24H29F3N2O/c1-18(2)16-23(30)29(21-6-4-3-5-7-21)22-12-14-28(15-13-22)17-19-8-10-20(11-9-19)24(25,26)27/h3-11,18,22H,12-17H2,1-2H3. The first-order valence-electron chi connectivity index (χ1n) is 10.5. The second-order valence-electron chi connectivity index (χ2n) is 8.40. The van der Waals surface area contributed by atoms with Crippen molar-refractivity contribution in [1.29, 1.82) is 0 Å². The van der Waals surface area contributed by atoms with Crippen molar-refractivity contribution in [2.24, 2.45) is 5.92 Å². The van der Waals surface area contributed by atoms with E-state index in [0.29, 0.717) is 18.9 Å². The molecular formula is C24H29F3N2O. The molecule has 3 nitrogen and oxygen atoms in total. The molecule has 30 heavy (non-hydrogen) atoms. The molecule has 0 radical (unpaired) electrons. The first kappa shape index (κ1) is 22.3. The molecule has 0 aromatic heterocycles. The molecule has 1 aliphatic heterocycles. The van der Waals surface area contributed by atoms with Crippen molar-refractivity contribution in [2.45, 2.75) is 51.9 Å². The average Bonchev–Trinajstić information content (AvgIpc) is 2.69. The molecule has 6 heteroatoms. The Balaban J connectivity index is 1.63. The molecule has 3 rings (SSSR count). The minimum absolute atomic E-state index is 0.141. The molecule has 1 aliphatic rings. The van der Waals surface area contributed by atoms with E-state index in [9.17, 15) is 18.0 Å². The lowest BCUT2D eigenvalue weighted by molar-refractivity contribution is -0.137. The highest BCUT2D eigenvalue weighted by Gasteiger charge is 2.31. The van der Waals surface area contributed by atoms with Crippen LogP contribution in [0, 0.1) is 5.92 Å². The largest absolute Gasteiger partial charge is 0.416 e. The van der Waals surface area contributed by atoms with Gasteiger partial charge in [-0.15, -0.1) is 0 Å². The predicted octanol–water partition coefficient (Wildman–Crippen LogP) is 5.75. The minimum atomic E-state index is -4.31. The van der Waals surface area contributed by atoms with Crippen LogP contribution in [0.1, 0.15) is 44.2 Å². The number of alkyl halides is 3. The van der Waals surface area contributed by atoms with Crippen molar-refractivity contribution in [3.05, 3.63) is 65.7 Å². The van der Waals surface area contributed by atoms with E-state index in [-0.39, 0.29) is 11.9 Å². The highest BCUT2D eigenvalue weighted by molar-refractivity contribution is 5.94. The Morgan fingerprint density at radius 2 is 1.63 bits per heavy atom. The van der Waals surface area contributed by atoms with Crippen molar-refractivity contribution in [3.63, 3.8) is 0 Å². The Labute approximate surface area is 176 Å². The Morgan fingerprint density at radius 1 is 1.03 bits per heavy atom. The Kier molecular flexibility index (Phi) is 7.19. The highest BCUT2D eigenvalue weighted by Crippen LogP contribution is 2.30. The highest BCUT2D eigenvalue weighted by atomic mass is 19.4. The van der Waals surface area contributed by atoms with Crippen molar-refractivity contribution in [3.8, 4) is 0 Å². The molecular weight excluding hydrogens is 389 g/mol. The van der Waals surface area contributed by atoms with Crippen LogP contribution >= 0.6 is 0 Å². The Bertz CT molecular complexity index is 811. The van der Waals surface area contributed by atoms with Gasteiger partial charge in [-0.3, -0.25) is 9.69 Å². The summed E-state index contributed by atoms with van der Waals surface area (Å²) in [6.45, 7) is 6.34. The second kappa shape index (κ2) is 9.65. The predicted molar refractivity (Wildman–Crippen MR) is 113 cm³/mol. The molecule has 2 aromatic rings. The van der Waals surface area contributed by atoms with E-state index in [4.69, 9.17) is 0 Å². The van der Waals surface area contributed by atoms with E-state index in [1.54, 1.807) is 12.1 Å². The lowest BCUT2D eigenvalue weighted by Crippen LogP contribution is -2.47. The van der Waals surface area contributed by atoms with Gasteiger partial charge >= 0.3 is 6.18 Å². The monoisotopic (exact) mass is 418 g/mol. The first-order chi connectivity index (χ1) is 14.2. The molecule has 2 aromatic carbocycles. The number of benzene rings is 2. The van der Waals surface area contributed by atoms with Crippen molar-refractivity contribution in [1.82, 2.24) is 4.90 Å². The molecule has 162 valence electrons. The third kappa shape index (κ3) is 5.85. The van der Waals surface area contributed by atoms with Crippen LogP contribution < -0.4 is 4.90 Å². The van der Waals surface area contributed by atoms with E-state index in [0.717, 1.165) is 49.3 Å². The number of amides is 1. The molecule has 0 spiro atoms. The fraction of sp³-hybridized carbons (Fsp3) is 0.458. The smallest absolute Gasteiger partial charge is 0.309 e. The van der Waals surface area contributed by atoms with Gasteiger partial charge < -0.3 is 4.90 Å². The molecule has 1 fully saturated rings. The van der Waals surface area contributed by atoms with Gasteiger partial charge in [-0.25, -0.2) is 0 Å². The molecule has 0 aliphatic carbocycles. The second-order valence-corrected chi connectivity index (χ2v) is 8.40. The summed E-state index contributed by atoms with van der Waals surface area (Å²) in [4.78, 5) is 17.2. The molecule has 0 bridgehead atoms. The molecule has 0 atom stereocenters. The summed E-state index contributed by atoms with van der Waals surface area (Å²) < 4.78 is 38.2. The number of hydrogen-bond acceptors (Lipinski definition) is 2. The number of rotatable bonds is 6. The molecule has 0 saturated carbocycles. The molecule has 1 heterocycles. The zero-order valence-corrected chi connectivity index (χ0v) is 17.5. The Hall–Kier alpha value is -2.34. The summed E-state index contributed by atoms with van der Waals surface area (Å²) >= 11 is 0. The number of carbonyl (C=O) groups excluding carboxylic acids is 1. The number of hydrogen-bond donors (Lipinski definition) is 0. The molecule has 0 unspecified atom stereocenters. The zero-order valence-electron chi connectivity index (χ0n) is 17.5. The summed E-state index contributed by atoms with van der Waals surface area (Å²) in [5.74, 6) is 0.445. The van der Waals surface area contributed by atoms with Crippen LogP contribution in [0.2, 0.25) is 0 Å². The van der Waals surface area contributed by atoms with Crippen molar-refractivity contribution in [2.75, 3.05) is 18.0 Å². The molecule has 0 N–H and O–H groups in total. The topological polar surface area (TPSA) is 23.6 Å². The van der Waals surface area contributed by atoms with Gasteiger partial charge in [0.15, 0.2) is 0 Å². The molecule has 1 amide bonds. The van der Waals surface area contributed by atoms with Gasteiger partial charge in [0.05, 0.1) is 5.56 Å². The van der Waals surface area contributed by atoms with E-state index in [2.05, 4.69) is 4.90 Å². The maximum atomic E-state index is 13.0. The average molecular weight is 419 g/mol. The van der Waals surface area contributed by atoms with Crippen molar-refractivity contribution >= 4 is 11.6 Å². The van der Waals surface area contributed by atoms with Crippen molar-refractivity contribution < 1.29 is 18.0 Å². The van der Waals surface area contributed by atoms with Crippen LogP contribution in [0.4, 0.5) is 18.9 Å². The third-order valence-electron chi connectivity index (χ3n) is 5.50. The summed E-state index contributed by atoms with van der Waals surface area (Å²) in [6.07, 6.45) is -2.10. The van der Waals surface area contributed by atoms with Gasteiger partial charge in [0.2, 0.25) is 5.91 Å². The lowest BCUT2D eigenvalue weighted by Gasteiger charge is -2.39. The summed E-state index contributed by atoms with van der Waals surface area (Å²) in [5.41, 5.74) is 1.19. The zero-order chi connectivity index (χ0) is 21.7. The van der Waals surface area contributed by atoms with Gasteiger partial charge in [0, 0.05) is 37.8 Å². The van der Waals surface area contributed by atoms with Gasteiger partial charge in [-0.05, 0) is 48.6 Å². The van der Waals surface area contributed by atoms with Crippen LogP contribution in [-0.4, -0.2) is 29.9 Å². The number of anilines is 1. The summed E-state index contributed by atoms with van der Waals surface area (Å²) in [7, 11) is 0. The number of piperidine rings is 1. The van der Waals surface area contributed by atoms with Crippen LogP contribution in [0.5, 0.6) is 0 Å². The lowest BCUT2D eigenvalue weighted by atomic mass is 9.99. The van der Waals surface area contributed by atoms with Gasteiger partial charge in [0.1, 0.15) is 0 Å². The van der Waals surface area contributed by atoms with Gasteiger partial charge in [0.25, 0.3) is 0 Å². The van der Waals surface area contributed by atoms with Crippen LogP contribution in [0.3, 0.4) is 0 Å². The third-order valence-corrected chi connectivity index (χ3v) is 5.50. The first-order valence-corrected chi connectivity index (χ1v) is 10.5.